The number of aryl methyl sites for hydroxylation is 2. The first-order valence-corrected chi connectivity index (χ1v) is 13.2. The molecule has 8 nitrogen and oxygen atoms in total. The minimum atomic E-state index is -0.479. The van der Waals surface area contributed by atoms with Crippen LogP contribution in [0.2, 0.25) is 0 Å². The lowest BCUT2D eigenvalue weighted by Crippen LogP contribution is -2.29. The van der Waals surface area contributed by atoms with Crippen molar-refractivity contribution in [2.75, 3.05) is 5.43 Å². The molecule has 0 amide bonds. The first-order valence-electron chi connectivity index (χ1n) is 13.2. The summed E-state index contributed by atoms with van der Waals surface area (Å²) in [5.41, 5.74) is 4.71. The largest absolute Gasteiger partial charge is 0.329 e. The summed E-state index contributed by atoms with van der Waals surface area (Å²) in [4.78, 5) is 31.7. The molecule has 2 heterocycles. The zero-order chi connectivity index (χ0) is 25.8. The van der Waals surface area contributed by atoms with Crippen molar-refractivity contribution in [1.29, 1.82) is 0 Å². The molecule has 0 spiro atoms. The molecule has 3 aromatic rings. The van der Waals surface area contributed by atoms with Crippen LogP contribution in [0.15, 0.2) is 51.1 Å². The number of aromatic nitrogens is 4. The molecule has 2 aromatic heterocycles. The number of fused-ring (bicyclic) bond motifs is 1. The second-order valence-electron chi connectivity index (χ2n) is 9.37. The van der Waals surface area contributed by atoms with Gasteiger partial charge in [0.25, 0.3) is 5.56 Å². The number of nitrogens with one attached hydrogen (secondary N) is 2. The number of aromatic amines is 1. The van der Waals surface area contributed by atoms with Crippen molar-refractivity contribution in [3.05, 3.63) is 62.8 Å². The highest BCUT2D eigenvalue weighted by Gasteiger charge is 2.17. The van der Waals surface area contributed by atoms with Gasteiger partial charge >= 0.3 is 5.69 Å². The van der Waals surface area contributed by atoms with E-state index in [1.54, 1.807) is 7.05 Å². The average Bonchev–Trinajstić information content (AvgIpc) is 3.25. The number of hydrogen-bond donors (Lipinski definition) is 2. The van der Waals surface area contributed by atoms with Crippen LogP contribution in [-0.2, 0) is 13.6 Å². The molecule has 0 unspecified atom stereocenters. The fourth-order valence-corrected chi connectivity index (χ4v) is 4.25. The molecule has 0 aliphatic carbocycles. The Balaban J connectivity index is 1.66. The lowest BCUT2D eigenvalue weighted by molar-refractivity contribution is 0.538. The van der Waals surface area contributed by atoms with Crippen LogP contribution in [0.25, 0.3) is 17.2 Å². The van der Waals surface area contributed by atoms with Gasteiger partial charge in [0, 0.05) is 13.6 Å². The van der Waals surface area contributed by atoms with Gasteiger partial charge in [0.05, 0.1) is 5.71 Å². The quantitative estimate of drug-likeness (QED) is 0.158. The van der Waals surface area contributed by atoms with E-state index in [-0.39, 0.29) is 0 Å². The predicted molar refractivity (Wildman–Crippen MR) is 150 cm³/mol. The summed E-state index contributed by atoms with van der Waals surface area (Å²) in [6.07, 6.45) is 16.3. The highest BCUT2D eigenvalue weighted by molar-refractivity contribution is 5.96. The van der Waals surface area contributed by atoms with Gasteiger partial charge in [-0.1, -0.05) is 101 Å². The van der Waals surface area contributed by atoms with Gasteiger partial charge < -0.3 is 4.57 Å². The smallest absolute Gasteiger partial charge is 0.303 e. The first kappa shape index (κ1) is 27.2. The number of hydrazone groups is 1. The Hall–Kier alpha value is -3.42. The van der Waals surface area contributed by atoms with E-state index in [0.29, 0.717) is 23.7 Å². The van der Waals surface area contributed by atoms with Crippen molar-refractivity contribution in [3.63, 3.8) is 0 Å². The third kappa shape index (κ3) is 7.80. The molecule has 0 atom stereocenters. The lowest BCUT2D eigenvalue weighted by Gasteiger charge is -2.08. The lowest BCUT2D eigenvalue weighted by atomic mass is 10.1. The van der Waals surface area contributed by atoms with Crippen LogP contribution in [0.3, 0.4) is 0 Å². The SMILES string of the molecule is CCCCCCCCCCCCn1c(NN=C(C)C=Cc2ccccc2)nc2c1c(=O)[nH]c(=O)n2C. The number of benzene rings is 1. The van der Waals surface area contributed by atoms with Gasteiger partial charge in [-0.2, -0.15) is 10.1 Å². The molecule has 0 radical (unpaired) electrons. The number of nitrogens with zero attached hydrogens (tertiary/aromatic N) is 4. The highest BCUT2D eigenvalue weighted by atomic mass is 16.2. The van der Waals surface area contributed by atoms with Gasteiger partial charge in [0.2, 0.25) is 5.95 Å². The average molecular weight is 493 g/mol. The minimum Gasteiger partial charge on any atom is -0.303 e. The monoisotopic (exact) mass is 492 g/mol. The number of unbranched alkanes of at least 4 members (excludes halogenated alkanes) is 9. The second kappa shape index (κ2) is 14.2. The Bertz CT molecular complexity index is 1270. The van der Waals surface area contributed by atoms with E-state index in [2.05, 4.69) is 27.4 Å². The number of anilines is 1. The highest BCUT2D eigenvalue weighted by Crippen LogP contribution is 2.18. The van der Waals surface area contributed by atoms with Gasteiger partial charge in [-0.25, -0.2) is 10.2 Å². The maximum Gasteiger partial charge on any atom is 0.329 e. The Morgan fingerprint density at radius 2 is 1.64 bits per heavy atom. The zero-order valence-corrected chi connectivity index (χ0v) is 21.9. The van der Waals surface area contributed by atoms with Crippen molar-refractivity contribution in [3.8, 4) is 0 Å². The van der Waals surface area contributed by atoms with Crippen LogP contribution in [0.1, 0.15) is 83.6 Å². The van der Waals surface area contributed by atoms with E-state index in [9.17, 15) is 9.59 Å². The summed E-state index contributed by atoms with van der Waals surface area (Å²) in [7, 11) is 1.61. The van der Waals surface area contributed by atoms with Gasteiger partial charge in [0.1, 0.15) is 0 Å². The Morgan fingerprint density at radius 3 is 2.31 bits per heavy atom. The molecular weight excluding hydrogens is 452 g/mol. The Labute approximate surface area is 213 Å². The van der Waals surface area contributed by atoms with E-state index >= 15 is 0 Å². The Morgan fingerprint density at radius 1 is 1.00 bits per heavy atom. The first-order chi connectivity index (χ1) is 17.5. The molecular formula is C28H40N6O2. The van der Waals surface area contributed by atoms with Crippen LogP contribution < -0.4 is 16.7 Å². The summed E-state index contributed by atoms with van der Waals surface area (Å²) >= 11 is 0. The third-order valence-electron chi connectivity index (χ3n) is 6.39. The van der Waals surface area contributed by atoms with Crippen molar-refractivity contribution < 1.29 is 0 Å². The number of rotatable bonds is 15. The Kier molecular flexibility index (Phi) is 10.7. The molecule has 0 fully saturated rings. The molecule has 0 bridgehead atoms. The van der Waals surface area contributed by atoms with Gasteiger partial charge in [-0.05, 0) is 25.0 Å². The van der Waals surface area contributed by atoms with Crippen LogP contribution in [-0.4, -0.2) is 24.8 Å². The zero-order valence-electron chi connectivity index (χ0n) is 21.9. The van der Waals surface area contributed by atoms with E-state index in [1.165, 1.54) is 55.9 Å². The molecule has 194 valence electrons. The number of imidazole rings is 1. The third-order valence-corrected chi connectivity index (χ3v) is 6.39. The molecule has 0 aliphatic rings. The summed E-state index contributed by atoms with van der Waals surface area (Å²) in [6, 6.07) is 10.0. The maximum atomic E-state index is 12.7. The number of hydrogen-bond acceptors (Lipinski definition) is 5. The summed E-state index contributed by atoms with van der Waals surface area (Å²) < 4.78 is 3.21. The molecule has 0 saturated carbocycles. The number of allylic oxidation sites excluding steroid dienone is 1. The number of H-pyrrole nitrogens is 1. The van der Waals surface area contributed by atoms with Crippen molar-refractivity contribution in [2.24, 2.45) is 12.1 Å². The summed E-state index contributed by atoms with van der Waals surface area (Å²) in [5.74, 6) is 0.458. The van der Waals surface area contributed by atoms with Gasteiger partial charge in [-0.15, -0.1) is 0 Å². The van der Waals surface area contributed by atoms with Crippen molar-refractivity contribution >= 4 is 28.9 Å². The maximum absolute atomic E-state index is 12.7. The fourth-order valence-electron chi connectivity index (χ4n) is 4.25. The summed E-state index contributed by atoms with van der Waals surface area (Å²) in [6.45, 7) is 4.77. The van der Waals surface area contributed by atoms with Crippen LogP contribution in [0, 0.1) is 0 Å². The summed E-state index contributed by atoms with van der Waals surface area (Å²) in [5, 5.41) is 4.44. The van der Waals surface area contributed by atoms with Crippen LogP contribution in [0.5, 0.6) is 0 Å². The van der Waals surface area contributed by atoms with E-state index in [4.69, 9.17) is 0 Å². The second-order valence-corrected chi connectivity index (χ2v) is 9.37. The standard InChI is InChI=1S/C28H40N6O2/c1-4-5-6-7-8-9-10-11-12-16-21-34-24-25(33(3)28(36)30-26(24)35)29-27(34)32-31-22(2)19-20-23-17-14-13-15-18-23/h13-15,17-20H,4-12,16,21H2,1-3H3,(H,29,32)(H,30,35,36). The van der Waals surface area contributed by atoms with Crippen molar-refractivity contribution in [2.45, 2.75) is 84.6 Å². The molecule has 2 N–H and O–H groups in total. The van der Waals surface area contributed by atoms with E-state index < -0.39 is 11.2 Å². The molecule has 3 rings (SSSR count). The van der Waals surface area contributed by atoms with Crippen molar-refractivity contribution in [1.82, 2.24) is 19.1 Å². The van der Waals surface area contributed by atoms with E-state index in [1.807, 2.05) is 54.0 Å². The fraction of sp³-hybridized carbons (Fsp3) is 0.500. The molecule has 8 heteroatoms. The molecule has 0 saturated heterocycles. The van der Waals surface area contributed by atoms with Crippen LogP contribution in [0.4, 0.5) is 5.95 Å². The van der Waals surface area contributed by atoms with Gasteiger partial charge in [-0.3, -0.25) is 14.3 Å². The molecule has 1 aromatic carbocycles. The van der Waals surface area contributed by atoms with Gasteiger partial charge in [0.15, 0.2) is 11.2 Å². The van der Waals surface area contributed by atoms with E-state index in [0.717, 1.165) is 24.1 Å². The predicted octanol–water partition coefficient (Wildman–Crippen LogP) is 5.85. The molecule has 0 aliphatic heterocycles. The van der Waals surface area contributed by atoms with Crippen LogP contribution >= 0.6 is 0 Å². The topological polar surface area (TPSA) is 97.1 Å². The minimum absolute atomic E-state index is 0.353. The normalized spacial score (nSPS) is 12.1. The molecule has 36 heavy (non-hydrogen) atoms.